The number of benzene rings is 2. The van der Waals surface area contributed by atoms with Gasteiger partial charge in [-0.15, -0.1) is 0 Å². The van der Waals surface area contributed by atoms with E-state index in [1.807, 2.05) is 12.1 Å². The highest BCUT2D eigenvalue weighted by Crippen LogP contribution is 2.29. The summed E-state index contributed by atoms with van der Waals surface area (Å²) >= 11 is 11.6. The molecule has 1 heterocycles. The molecule has 3 rings (SSSR count). The fraction of sp³-hybridized carbons (Fsp3) is 0.263. The molecule has 1 saturated heterocycles. The molecule has 2 aromatic rings. The molecule has 28 heavy (non-hydrogen) atoms. The molecule has 3 N–H and O–H groups in total. The maximum atomic E-state index is 14.6. The Morgan fingerprint density at radius 2 is 1.89 bits per heavy atom. The lowest BCUT2D eigenvalue weighted by molar-refractivity contribution is -0.123. The van der Waals surface area contributed by atoms with Gasteiger partial charge < -0.3 is 16.0 Å². The van der Waals surface area contributed by atoms with Gasteiger partial charge in [-0.05, 0) is 36.6 Å². The molecule has 0 bridgehead atoms. The zero-order chi connectivity index (χ0) is 20.3. The molecule has 9 heteroatoms. The fourth-order valence-electron chi connectivity index (χ4n) is 2.96. The van der Waals surface area contributed by atoms with E-state index in [1.165, 1.54) is 6.07 Å². The second kappa shape index (κ2) is 8.75. The lowest BCUT2D eigenvalue weighted by atomic mass is 9.98. The van der Waals surface area contributed by atoms with Crippen molar-refractivity contribution in [2.45, 2.75) is 24.9 Å². The van der Waals surface area contributed by atoms with Gasteiger partial charge in [-0.3, -0.25) is 4.79 Å². The van der Waals surface area contributed by atoms with Gasteiger partial charge in [0.1, 0.15) is 22.7 Å². The third-order valence-electron chi connectivity index (χ3n) is 4.48. The number of carbonyl (C=O) groups excluding carboxylic acids is 2. The molecule has 148 valence electrons. The van der Waals surface area contributed by atoms with E-state index in [9.17, 15) is 18.4 Å². The SMILES string of the molecule is O=C1NC[C@@H](C(=O)N[C@H](CCc2ccc(Cl)cc2)c2ccc(F)c(Cl)c2F)N1. The van der Waals surface area contributed by atoms with Gasteiger partial charge >= 0.3 is 6.03 Å². The first-order chi connectivity index (χ1) is 13.3. The van der Waals surface area contributed by atoms with Gasteiger partial charge in [0.25, 0.3) is 0 Å². The van der Waals surface area contributed by atoms with Crippen LogP contribution in [0.5, 0.6) is 0 Å². The standard InChI is InChI=1S/C19H17Cl2F2N3O2/c20-11-4-1-10(2-5-11)3-8-14(12-6-7-13(22)16(21)17(12)23)25-18(27)15-9-24-19(28)26-15/h1-2,4-7,14-15H,3,8-9H2,(H,25,27)(H2,24,26,28)/t14-,15+/m1/s1. The zero-order valence-corrected chi connectivity index (χ0v) is 16.1. The van der Waals surface area contributed by atoms with E-state index in [2.05, 4.69) is 16.0 Å². The number of rotatable bonds is 6. The van der Waals surface area contributed by atoms with Crippen molar-refractivity contribution in [3.05, 3.63) is 69.2 Å². The molecular weight excluding hydrogens is 411 g/mol. The summed E-state index contributed by atoms with van der Waals surface area (Å²) < 4.78 is 28.1. The Morgan fingerprint density at radius 3 is 2.54 bits per heavy atom. The van der Waals surface area contributed by atoms with Crippen LogP contribution in [0.2, 0.25) is 10.0 Å². The van der Waals surface area contributed by atoms with Crippen LogP contribution in [0.3, 0.4) is 0 Å². The Morgan fingerprint density at radius 1 is 1.18 bits per heavy atom. The maximum Gasteiger partial charge on any atom is 0.315 e. The first kappa shape index (κ1) is 20.4. The summed E-state index contributed by atoms with van der Waals surface area (Å²) in [6.07, 6.45) is 0.839. The van der Waals surface area contributed by atoms with E-state index >= 15 is 0 Å². The van der Waals surface area contributed by atoms with Crippen LogP contribution in [0.15, 0.2) is 36.4 Å². The average molecular weight is 428 g/mol. The molecule has 5 nitrogen and oxygen atoms in total. The number of hydrogen-bond donors (Lipinski definition) is 3. The Hall–Kier alpha value is -2.38. The third kappa shape index (κ3) is 4.72. The van der Waals surface area contributed by atoms with Crippen LogP contribution in [-0.4, -0.2) is 24.5 Å². The summed E-state index contributed by atoms with van der Waals surface area (Å²) in [5, 5.41) is 7.65. The number of nitrogens with one attached hydrogen (secondary N) is 3. The van der Waals surface area contributed by atoms with E-state index in [4.69, 9.17) is 23.2 Å². The van der Waals surface area contributed by atoms with Gasteiger partial charge in [-0.2, -0.15) is 0 Å². The smallest absolute Gasteiger partial charge is 0.315 e. The molecule has 3 amide bonds. The molecule has 0 saturated carbocycles. The number of aryl methyl sites for hydroxylation is 1. The zero-order valence-electron chi connectivity index (χ0n) is 14.6. The van der Waals surface area contributed by atoms with Crippen molar-refractivity contribution in [3.8, 4) is 0 Å². The predicted octanol–water partition coefficient (Wildman–Crippen LogP) is 3.74. The van der Waals surface area contributed by atoms with E-state index < -0.39 is 40.7 Å². The second-order valence-corrected chi connectivity index (χ2v) is 7.21. The first-order valence-electron chi connectivity index (χ1n) is 8.57. The molecule has 1 aliphatic rings. The van der Waals surface area contributed by atoms with Gasteiger partial charge in [0, 0.05) is 17.1 Å². The summed E-state index contributed by atoms with van der Waals surface area (Å²) in [7, 11) is 0. The van der Waals surface area contributed by atoms with Crippen LogP contribution < -0.4 is 16.0 Å². The highest BCUT2D eigenvalue weighted by atomic mass is 35.5. The third-order valence-corrected chi connectivity index (χ3v) is 5.08. The molecule has 0 radical (unpaired) electrons. The summed E-state index contributed by atoms with van der Waals surface area (Å²) in [5.41, 5.74) is 1.01. The number of carbonyl (C=O) groups is 2. The van der Waals surface area contributed by atoms with Gasteiger partial charge in [0.2, 0.25) is 5.91 Å². The average Bonchev–Trinajstić information content (AvgIpc) is 3.11. The van der Waals surface area contributed by atoms with Crippen molar-refractivity contribution < 1.29 is 18.4 Å². The minimum absolute atomic E-state index is 0.0750. The Balaban J connectivity index is 1.80. The molecule has 2 aromatic carbocycles. The summed E-state index contributed by atoms with van der Waals surface area (Å²) in [6, 6.07) is 7.46. The van der Waals surface area contributed by atoms with Crippen LogP contribution in [-0.2, 0) is 11.2 Å². The van der Waals surface area contributed by atoms with Crippen LogP contribution in [0.1, 0.15) is 23.6 Å². The van der Waals surface area contributed by atoms with Crippen molar-refractivity contribution in [3.63, 3.8) is 0 Å². The molecule has 2 atom stereocenters. The van der Waals surface area contributed by atoms with Crippen molar-refractivity contribution in [2.75, 3.05) is 6.54 Å². The van der Waals surface area contributed by atoms with Crippen LogP contribution in [0.25, 0.3) is 0 Å². The molecule has 0 aromatic heterocycles. The van der Waals surface area contributed by atoms with E-state index in [0.717, 1.165) is 11.6 Å². The Bertz CT molecular complexity index is 893. The lowest BCUT2D eigenvalue weighted by Gasteiger charge is -2.22. The fourth-order valence-corrected chi connectivity index (χ4v) is 3.26. The number of halogens is 4. The Labute approximate surface area is 170 Å². The molecule has 0 spiro atoms. The van der Waals surface area contributed by atoms with Crippen molar-refractivity contribution in [2.24, 2.45) is 0 Å². The van der Waals surface area contributed by atoms with Crippen molar-refractivity contribution >= 4 is 35.1 Å². The van der Waals surface area contributed by atoms with Crippen LogP contribution in [0.4, 0.5) is 13.6 Å². The molecule has 1 fully saturated rings. The summed E-state index contributed by atoms with van der Waals surface area (Å²) in [6.45, 7) is 0.126. The summed E-state index contributed by atoms with van der Waals surface area (Å²) in [4.78, 5) is 23.7. The van der Waals surface area contributed by atoms with Gasteiger partial charge in [0.15, 0.2) is 0 Å². The van der Waals surface area contributed by atoms with E-state index in [1.54, 1.807) is 12.1 Å². The molecule has 1 aliphatic heterocycles. The first-order valence-corrected chi connectivity index (χ1v) is 9.33. The van der Waals surface area contributed by atoms with Gasteiger partial charge in [-0.25, -0.2) is 13.6 Å². The summed E-state index contributed by atoms with van der Waals surface area (Å²) in [5.74, 6) is -2.27. The number of amides is 3. The maximum absolute atomic E-state index is 14.6. The molecular formula is C19H17Cl2F2N3O2. The minimum Gasteiger partial charge on any atom is -0.347 e. The van der Waals surface area contributed by atoms with Gasteiger partial charge in [-0.1, -0.05) is 41.4 Å². The van der Waals surface area contributed by atoms with Crippen molar-refractivity contribution in [1.29, 1.82) is 0 Å². The lowest BCUT2D eigenvalue weighted by Crippen LogP contribution is -2.44. The van der Waals surface area contributed by atoms with Crippen LogP contribution in [0, 0.1) is 11.6 Å². The minimum atomic E-state index is -0.920. The second-order valence-electron chi connectivity index (χ2n) is 6.40. The Kier molecular flexibility index (Phi) is 6.36. The van der Waals surface area contributed by atoms with Crippen LogP contribution >= 0.6 is 23.2 Å². The van der Waals surface area contributed by atoms with E-state index in [0.29, 0.717) is 17.9 Å². The van der Waals surface area contributed by atoms with Gasteiger partial charge in [0.05, 0.1) is 6.04 Å². The largest absolute Gasteiger partial charge is 0.347 e. The quantitative estimate of drug-likeness (QED) is 0.614. The monoisotopic (exact) mass is 427 g/mol. The number of urea groups is 1. The highest BCUT2D eigenvalue weighted by molar-refractivity contribution is 6.31. The normalized spacial score (nSPS) is 17.0. The predicted molar refractivity (Wildman–Crippen MR) is 102 cm³/mol. The van der Waals surface area contributed by atoms with E-state index in [-0.39, 0.29) is 12.1 Å². The topological polar surface area (TPSA) is 70.2 Å². The van der Waals surface area contributed by atoms with Crippen molar-refractivity contribution in [1.82, 2.24) is 16.0 Å². The molecule has 0 aliphatic carbocycles. The number of hydrogen-bond acceptors (Lipinski definition) is 2. The highest BCUT2D eigenvalue weighted by Gasteiger charge is 2.29. The molecule has 0 unspecified atom stereocenters.